The molecule has 8 heteroatoms. The number of aromatic hydroxyl groups is 1. The van der Waals surface area contributed by atoms with Gasteiger partial charge in [0.15, 0.2) is 11.6 Å². The van der Waals surface area contributed by atoms with Crippen LogP contribution in [0, 0.1) is 5.82 Å². The molecule has 4 N–H and O–H groups in total. The largest absolute Gasteiger partial charge is 0.508 e. The summed E-state index contributed by atoms with van der Waals surface area (Å²) >= 11 is 0. The highest BCUT2D eigenvalue weighted by Crippen LogP contribution is 2.35. The maximum atomic E-state index is 15.6. The zero-order valence-corrected chi connectivity index (χ0v) is 21.8. The number of H-pyrrole nitrogens is 2. The molecular weight excluding hydrogens is 469 g/mol. The standard InChI is InChI=1S/C29H34FN5O2/c1-5-18-14-20(36)8-9-21(18)22-10-11-23-26(25(22)30)33-34-27(23)28-31-15-24(32-28)19-7-6-17(2)35(16-19)13-12-29(3,4)37/h7-11,14-15,17,36-37H,5-6,12-13,16H2,1-4H3,(H,31,32)(H,33,34)/t17-/m0/s1. The lowest BCUT2D eigenvalue weighted by atomic mass is 9.96. The van der Waals surface area contributed by atoms with Crippen molar-refractivity contribution in [2.24, 2.45) is 0 Å². The number of rotatable bonds is 7. The van der Waals surface area contributed by atoms with Crippen molar-refractivity contribution < 1.29 is 14.6 Å². The fourth-order valence-corrected chi connectivity index (χ4v) is 5.00. The summed E-state index contributed by atoms with van der Waals surface area (Å²) in [6, 6.07) is 9.02. The number of hydrogen-bond donors (Lipinski definition) is 4. The van der Waals surface area contributed by atoms with Crippen LogP contribution in [0.5, 0.6) is 5.75 Å². The van der Waals surface area contributed by atoms with Crippen LogP contribution in [0.1, 0.15) is 51.8 Å². The van der Waals surface area contributed by atoms with E-state index in [1.54, 1.807) is 24.3 Å². The van der Waals surface area contributed by atoms with Crippen molar-refractivity contribution in [2.75, 3.05) is 13.1 Å². The van der Waals surface area contributed by atoms with Gasteiger partial charge in [0, 0.05) is 30.1 Å². The Morgan fingerprint density at radius 3 is 2.73 bits per heavy atom. The van der Waals surface area contributed by atoms with E-state index < -0.39 is 11.4 Å². The zero-order chi connectivity index (χ0) is 26.3. The van der Waals surface area contributed by atoms with E-state index >= 15 is 4.39 Å². The Kier molecular flexibility index (Phi) is 6.64. The van der Waals surface area contributed by atoms with Crippen LogP contribution in [0.2, 0.25) is 0 Å². The quantitative estimate of drug-likeness (QED) is 0.261. The number of hydrogen-bond acceptors (Lipinski definition) is 5. The third-order valence-electron chi connectivity index (χ3n) is 7.30. The van der Waals surface area contributed by atoms with Gasteiger partial charge in [-0.1, -0.05) is 25.1 Å². The van der Waals surface area contributed by atoms with Gasteiger partial charge in [-0.15, -0.1) is 0 Å². The van der Waals surface area contributed by atoms with Gasteiger partial charge in [-0.05, 0) is 74.9 Å². The number of imidazole rings is 1. The van der Waals surface area contributed by atoms with Gasteiger partial charge in [0.2, 0.25) is 0 Å². The van der Waals surface area contributed by atoms with Gasteiger partial charge in [0.05, 0.1) is 17.5 Å². The third-order valence-corrected chi connectivity index (χ3v) is 7.30. The molecule has 37 heavy (non-hydrogen) atoms. The molecule has 0 unspecified atom stereocenters. The highest BCUT2D eigenvalue weighted by molar-refractivity contribution is 5.95. The van der Waals surface area contributed by atoms with E-state index in [2.05, 4.69) is 38.1 Å². The molecule has 0 fully saturated rings. The van der Waals surface area contributed by atoms with Crippen molar-refractivity contribution in [1.82, 2.24) is 25.1 Å². The van der Waals surface area contributed by atoms with Gasteiger partial charge in [0.1, 0.15) is 17.0 Å². The Morgan fingerprint density at radius 2 is 1.97 bits per heavy atom. The van der Waals surface area contributed by atoms with Gasteiger partial charge < -0.3 is 15.2 Å². The van der Waals surface area contributed by atoms with E-state index in [9.17, 15) is 10.2 Å². The molecule has 0 spiro atoms. The van der Waals surface area contributed by atoms with Crippen molar-refractivity contribution in [2.45, 2.75) is 58.6 Å². The minimum absolute atomic E-state index is 0.167. The Bertz CT molecular complexity index is 1460. The van der Waals surface area contributed by atoms with Crippen LogP contribution in [0.4, 0.5) is 4.39 Å². The highest BCUT2D eigenvalue weighted by Gasteiger charge is 2.24. The van der Waals surface area contributed by atoms with Crippen molar-refractivity contribution in [3.8, 4) is 28.4 Å². The van der Waals surface area contributed by atoms with Gasteiger partial charge in [-0.25, -0.2) is 9.37 Å². The molecule has 0 radical (unpaired) electrons. The summed E-state index contributed by atoms with van der Waals surface area (Å²) in [6.45, 7) is 9.45. The first-order chi connectivity index (χ1) is 17.6. The van der Waals surface area contributed by atoms with Crippen LogP contribution >= 0.6 is 0 Å². The van der Waals surface area contributed by atoms with E-state index in [1.807, 2.05) is 33.0 Å². The summed E-state index contributed by atoms with van der Waals surface area (Å²) in [7, 11) is 0. The molecule has 0 saturated heterocycles. The molecule has 7 nitrogen and oxygen atoms in total. The second-order valence-electron chi connectivity index (χ2n) is 10.6. The van der Waals surface area contributed by atoms with E-state index in [0.29, 0.717) is 41.4 Å². The summed E-state index contributed by atoms with van der Waals surface area (Å²) in [4.78, 5) is 10.4. The Balaban J connectivity index is 1.42. The summed E-state index contributed by atoms with van der Waals surface area (Å²) in [5, 5.41) is 27.9. The monoisotopic (exact) mass is 503 g/mol. The minimum Gasteiger partial charge on any atom is -0.508 e. The number of aromatic nitrogens is 4. The van der Waals surface area contributed by atoms with Gasteiger partial charge >= 0.3 is 0 Å². The molecule has 0 bridgehead atoms. The van der Waals surface area contributed by atoms with Crippen LogP contribution < -0.4 is 0 Å². The molecule has 3 heterocycles. The molecule has 2 aromatic heterocycles. The smallest absolute Gasteiger partial charge is 0.159 e. The Morgan fingerprint density at radius 1 is 1.19 bits per heavy atom. The van der Waals surface area contributed by atoms with Crippen LogP contribution in [0.15, 0.2) is 42.6 Å². The lowest BCUT2D eigenvalue weighted by Gasteiger charge is -2.34. The highest BCUT2D eigenvalue weighted by atomic mass is 19.1. The molecule has 2 aromatic carbocycles. The third kappa shape index (κ3) is 5.04. The number of phenols is 1. The van der Waals surface area contributed by atoms with Crippen LogP contribution in [-0.4, -0.2) is 60.0 Å². The number of aromatic amines is 2. The minimum atomic E-state index is -0.695. The first kappa shape index (κ1) is 25.2. The Hall–Kier alpha value is -3.49. The lowest BCUT2D eigenvalue weighted by molar-refractivity contribution is 0.0540. The Labute approximate surface area is 216 Å². The predicted molar refractivity (Wildman–Crippen MR) is 145 cm³/mol. The zero-order valence-electron chi connectivity index (χ0n) is 21.8. The number of nitrogens with one attached hydrogen (secondary N) is 2. The molecule has 194 valence electrons. The number of nitrogens with zero attached hydrogens (tertiary/aromatic N) is 3. The van der Waals surface area contributed by atoms with Gasteiger partial charge in [-0.3, -0.25) is 10.00 Å². The topological polar surface area (TPSA) is 101 Å². The molecule has 1 atom stereocenters. The van der Waals surface area contributed by atoms with Crippen LogP contribution in [0.3, 0.4) is 0 Å². The number of benzene rings is 2. The molecule has 1 aliphatic rings. The van der Waals surface area contributed by atoms with Gasteiger partial charge in [-0.2, -0.15) is 5.10 Å². The van der Waals surface area contributed by atoms with Crippen LogP contribution in [-0.2, 0) is 6.42 Å². The fourth-order valence-electron chi connectivity index (χ4n) is 5.00. The summed E-state index contributed by atoms with van der Waals surface area (Å²) < 4.78 is 15.6. The molecule has 0 saturated carbocycles. The molecule has 0 amide bonds. The second kappa shape index (κ2) is 9.76. The fraction of sp³-hybridized carbons (Fsp3) is 0.379. The molecular formula is C29H34FN5O2. The number of fused-ring (bicyclic) bond motifs is 1. The van der Waals surface area contributed by atoms with E-state index in [0.717, 1.165) is 41.9 Å². The number of phenolic OH excluding ortho intramolecular Hbond substituents is 1. The average molecular weight is 504 g/mol. The average Bonchev–Trinajstić information content (AvgIpc) is 3.51. The van der Waals surface area contributed by atoms with E-state index in [-0.39, 0.29) is 11.3 Å². The SMILES string of the molecule is CCc1cc(O)ccc1-c1ccc2c(-c3ncc(C4=CC[C@H](C)N(CCC(C)(C)O)C4)[nH]3)[nH]nc2c1F. The van der Waals surface area contributed by atoms with Crippen molar-refractivity contribution in [3.63, 3.8) is 0 Å². The first-order valence-electron chi connectivity index (χ1n) is 12.8. The number of halogens is 1. The molecule has 5 rings (SSSR count). The van der Waals surface area contributed by atoms with Crippen molar-refractivity contribution in [1.29, 1.82) is 0 Å². The molecule has 1 aliphatic heterocycles. The maximum Gasteiger partial charge on any atom is 0.159 e. The summed E-state index contributed by atoms with van der Waals surface area (Å²) in [5.41, 5.74) is 4.35. The molecule has 0 aliphatic carbocycles. The van der Waals surface area contributed by atoms with Gasteiger partial charge in [0.25, 0.3) is 0 Å². The summed E-state index contributed by atoms with van der Waals surface area (Å²) in [6.07, 6.45) is 6.35. The predicted octanol–water partition coefficient (Wildman–Crippen LogP) is 5.67. The van der Waals surface area contributed by atoms with E-state index in [4.69, 9.17) is 0 Å². The summed E-state index contributed by atoms with van der Waals surface area (Å²) in [5.74, 6) is 0.366. The van der Waals surface area contributed by atoms with Crippen molar-refractivity contribution in [3.05, 3.63) is 59.7 Å². The number of aliphatic hydroxyl groups is 1. The first-order valence-corrected chi connectivity index (χ1v) is 12.8. The molecule has 4 aromatic rings. The second-order valence-corrected chi connectivity index (χ2v) is 10.6. The normalized spacial score (nSPS) is 16.9. The van der Waals surface area contributed by atoms with Crippen molar-refractivity contribution >= 4 is 16.5 Å². The number of aryl methyl sites for hydroxylation is 1. The van der Waals surface area contributed by atoms with Crippen LogP contribution in [0.25, 0.3) is 39.1 Å². The lowest BCUT2D eigenvalue weighted by Crippen LogP contribution is -2.40. The van der Waals surface area contributed by atoms with E-state index in [1.165, 1.54) is 0 Å². The maximum absolute atomic E-state index is 15.6.